The molecule has 15 heteroatoms. The zero-order valence-electron chi connectivity index (χ0n) is 45.8. The molecule has 0 bridgehead atoms. The highest BCUT2D eigenvalue weighted by Gasteiger charge is 2.47. The lowest BCUT2D eigenvalue weighted by Gasteiger charge is -2.42. The average molecular weight is 1050 g/mol. The molecule has 7 N–H and O–H groups in total. The van der Waals surface area contributed by atoms with Gasteiger partial charge in [-0.15, -0.1) is 0 Å². The minimum atomic E-state index is -1.77. The van der Waals surface area contributed by atoms with Gasteiger partial charge in [0, 0.05) is 12.8 Å². The van der Waals surface area contributed by atoms with E-state index >= 15 is 0 Å². The number of carbonyl (C=O) groups excluding carboxylic acids is 2. The quantitative estimate of drug-likeness (QED) is 0.0171. The number of unbranched alkanes of at least 4 members (excludes halogenated alkanes) is 24. The van der Waals surface area contributed by atoms with E-state index in [-0.39, 0.29) is 26.1 Å². The van der Waals surface area contributed by atoms with Crippen LogP contribution >= 0.6 is 0 Å². The third kappa shape index (κ3) is 32.3. The van der Waals surface area contributed by atoms with Crippen LogP contribution in [0.4, 0.5) is 0 Å². The van der Waals surface area contributed by atoms with Gasteiger partial charge in [-0.3, -0.25) is 9.59 Å². The maximum Gasteiger partial charge on any atom is 0.306 e. The van der Waals surface area contributed by atoms with Crippen molar-refractivity contribution >= 4 is 11.9 Å². The average Bonchev–Trinajstić information content (AvgIpc) is 3.39. The summed E-state index contributed by atoms with van der Waals surface area (Å²) in [5.74, 6) is -0.926. The molecule has 2 aliphatic rings. The normalized spacial score (nSPS) is 25.0. The highest BCUT2D eigenvalue weighted by molar-refractivity contribution is 5.70. The number of esters is 2. The van der Waals surface area contributed by atoms with E-state index < -0.39 is 92.7 Å². The molecule has 0 saturated carbocycles. The van der Waals surface area contributed by atoms with E-state index in [1.54, 1.807) is 0 Å². The van der Waals surface area contributed by atoms with E-state index in [2.05, 4.69) is 62.5 Å². The van der Waals surface area contributed by atoms with Gasteiger partial charge in [-0.1, -0.05) is 204 Å². The zero-order chi connectivity index (χ0) is 53.9. The van der Waals surface area contributed by atoms with Gasteiger partial charge in [0.2, 0.25) is 0 Å². The fourth-order valence-electron chi connectivity index (χ4n) is 9.09. The van der Waals surface area contributed by atoms with Crippen molar-refractivity contribution in [2.24, 2.45) is 0 Å². The summed E-state index contributed by atoms with van der Waals surface area (Å²) in [7, 11) is 0. The Kier molecular flexibility index (Phi) is 41.5. The number of carbonyl (C=O) groups is 2. The van der Waals surface area contributed by atoms with Crippen LogP contribution in [-0.4, -0.2) is 142 Å². The second kappa shape index (κ2) is 45.5. The topological polar surface area (TPSA) is 231 Å². The number of hydrogen-bond donors (Lipinski definition) is 7. The van der Waals surface area contributed by atoms with Crippen molar-refractivity contribution in [2.75, 3.05) is 26.4 Å². The molecule has 74 heavy (non-hydrogen) atoms. The van der Waals surface area contributed by atoms with Crippen molar-refractivity contribution < 1.29 is 73.8 Å². The third-order valence-electron chi connectivity index (χ3n) is 13.8. The van der Waals surface area contributed by atoms with Gasteiger partial charge in [0.15, 0.2) is 18.7 Å². The van der Waals surface area contributed by atoms with Gasteiger partial charge in [0.25, 0.3) is 0 Å². The van der Waals surface area contributed by atoms with Gasteiger partial charge in [-0.25, -0.2) is 0 Å². The molecule has 2 fully saturated rings. The van der Waals surface area contributed by atoms with Gasteiger partial charge in [-0.2, -0.15) is 0 Å². The van der Waals surface area contributed by atoms with Crippen molar-refractivity contribution in [2.45, 2.75) is 287 Å². The van der Waals surface area contributed by atoms with Gasteiger partial charge in [0.1, 0.15) is 55.4 Å². The van der Waals surface area contributed by atoms with Crippen molar-refractivity contribution in [3.63, 3.8) is 0 Å². The molecule has 0 amide bonds. The van der Waals surface area contributed by atoms with Crippen molar-refractivity contribution in [3.8, 4) is 0 Å². The Bertz CT molecular complexity index is 1470. The van der Waals surface area contributed by atoms with Crippen LogP contribution < -0.4 is 0 Å². The fraction of sp³-hybridized carbons (Fsp3) is 0.831. The summed E-state index contributed by atoms with van der Waals surface area (Å²) in [4.78, 5) is 25.9. The molecule has 15 nitrogen and oxygen atoms in total. The molecular formula is C59H104O15. The first-order valence-corrected chi connectivity index (χ1v) is 29.2. The number of allylic oxidation sites excluding steroid dienone is 8. The molecule has 0 aromatic rings. The molecule has 2 saturated heterocycles. The van der Waals surface area contributed by atoms with Crippen LogP contribution in [0, 0.1) is 0 Å². The van der Waals surface area contributed by atoms with Gasteiger partial charge in [0.05, 0.1) is 19.8 Å². The molecule has 11 unspecified atom stereocenters. The summed E-state index contributed by atoms with van der Waals surface area (Å²) in [6.45, 7) is 2.50. The largest absolute Gasteiger partial charge is 0.462 e. The lowest BCUT2D eigenvalue weighted by atomic mass is 9.98. The molecule has 2 aliphatic heterocycles. The standard InChI is InChI=1S/C59H104O15/c1-3-5-7-9-11-13-15-17-19-21-22-23-24-26-28-30-32-34-36-38-40-42-51(62)72-47(44-69-50(61)41-39-37-35-33-31-29-27-25-20-18-16-14-12-10-8-6-4-2)45-70-58-57(68)55(66)53(64)49(74-58)46-71-59-56(67)54(65)52(63)48(43-60)73-59/h5,7,11,13,17,19,22-23,47-49,52-60,63-68H,3-4,6,8-10,12,14-16,18,20-21,24-46H2,1-2H3/b7-5-,13-11-,19-17-,23-22-. The predicted octanol–water partition coefficient (Wildman–Crippen LogP) is 9.83. The molecule has 11 atom stereocenters. The zero-order valence-corrected chi connectivity index (χ0v) is 45.8. The lowest BCUT2D eigenvalue weighted by molar-refractivity contribution is -0.332. The Hall–Kier alpha value is -2.54. The Morgan fingerprint density at radius 3 is 1.34 bits per heavy atom. The molecule has 2 heterocycles. The first-order chi connectivity index (χ1) is 36.0. The molecule has 0 aromatic heterocycles. The summed E-state index contributed by atoms with van der Waals surface area (Å²) in [6, 6.07) is 0. The SMILES string of the molecule is CC/C=C\C/C=C\C/C=C\C/C=C\CCCCCCCCCCC(=O)OC(COC(=O)CCCCCCCCCCCCCCCCCCC)COC1OC(COC2OC(CO)C(O)C(O)C2O)C(O)C(O)C1O. The summed E-state index contributed by atoms with van der Waals surface area (Å²) in [6.07, 6.45) is 35.5. The number of rotatable bonds is 46. The van der Waals surface area contributed by atoms with E-state index in [0.717, 1.165) is 77.0 Å². The van der Waals surface area contributed by atoms with Crippen LogP contribution in [0.2, 0.25) is 0 Å². The first-order valence-electron chi connectivity index (χ1n) is 29.2. The summed E-state index contributed by atoms with van der Waals surface area (Å²) >= 11 is 0. The maximum absolute atomic E-state index is 13.1. The van der Waals surface area contributed by atoms with Crippen LogP contribution in [0.25, 0.3) is 0 Å². The Balaban J connectivity index is 1.75. The lowest BCUT2D eigenvalue weighted by Crippen LogP contribution is -2.61. The highest BCUT2D eigenvalue weighted by atomic mass is 16.7. The minimum absolute atomic E-state index is 0.156. The van der Waals surface area contributed by atoms with E-state index in [9.17, 15) is 45.3 Å². The number of ether oxygens (including phenoxy) is 6. The van der Waals surface area contributed by atoms with Gasteiger partial charge < -0.3 is 64.2 Å². The van der Waals surface area contributed by atoms with Crippen molar-refractivity contribution in [1.82, 2.24) is 0 Å². The van der Waals surface area contributed by atoms with Crippen LogP contribution in [0.5, 0.6) is 0 Å². The monoisotopic (exact) mass is 1050 g/mol. The molecule has 0 aliphatic carbocycles. The molecule has 0 radical (unpaired) electrons. The first kappa shape index (κ1) is 67.6. The van der Waals surface area contributed by atoms with Gasteiger partial charge >= 0.3 is 11.9 Å². The van der Waals surface area contributed by atoms with Crippen molar-refractivity contribution in [1.29, 1.82) is 0 Å². The smallest absolute Gasteiger partial charge is 0.306 e. The molecule has 0 spiro atoms. The molecule has 2 rings (SSSR count). The Morgan fingerprint density at radius 2 is 0.851 bits per heavy atom. The van der Waals surface area contributed by atoms with Crippen LogP contribution in [-0.2, 0) is 38.0 Å². The molecular weight excluding hydrogens is 949 g/mol. The number of aliphatic hydroxyl groups excluding tert-OH is 7. The number of hydrogen-bond acceptors (Lipinski definition) is 15. The minimum Gasteiger partial charge on any atom is -0.462 e. The molecule has 0 aromatic carbocycles. The summed E-state index contributed by atoms with van der Waals surface area (Å²) < 4.78 is 33.7. The van der Waals surface area contributed by atoms with Gasteiger partial charge in [-0.05, 0) is 51.4 Å². The summed E-state index contributed by atoms with van der Waals surface area (Å²) in [5.41, 5.74) is 0. The third-order valence-corrected chi connectivity index (χ3v) is 13.8. The highest BCUT2D eigenvalue weighted by Crippen LogP contribution is 2.27. The Labute approximate surface area is 446 Å². The fourth-order valence-corrected chi connectivity index (χ4v) is 9.09. The van der Waals surface area contributed by atoms with E-state index in [1.807, 2.05) is 0 Å². The van der Waals surface area contributed by atoms with Crippen molar-refractivity contribution in [3.05, 3.63) is 48.6 Å². The maximum atomic E-state index is 13.1. The molecule has 430 valence electrons. The van der Waals surface area contributed by atoms with E-state index in [4.69, 9.17) is 28.4 Å². The second-order valence-electron chi connectivity index (χ2n) is 20.4. The summed E-state index contributed by atoms with van der Waals surface area (Å²) in [5, 5.41) is 72.3. The predicted molar refractivity (Wildman–Crippen MR) is 289 cm³/mol. The second-order valence-corrected chi connectivity index (χ2v) is 20.4. The van der Waals surface area contributed by atoms with Crippen LogP contribution in [0.1, 0.15) is 219 Å². The van der Waals surface area contributed by atoms with E-state index in [1.165, 1.54) is 103 Å². The van der Waals surface area contributed by atoms with Crippen LogP contribution in [0.3, 0.4) is 0 Å². The Morgan fingerprint density at radius 1 is 0.446 bits per heavy atom. The number of aliphatic hydroxyl groups is 7. The van der Waals surface area contributed by atoms with Crippen LogP contribution in [0.15, 0.2) is 48.6 Å². The van der Waals surface area contributed by atoms with E-state index in [0.29, 0.717) is 12.8 Å².